The Morgan fingerprint density at radius 2 is 1.91 bits per heavy atom. The molecule has 0 bridgehead atoms. The highest BCUT2D eigenvalue weighted by molar-refractivity contribution is 5.79. The van der Waals surface area contributed by atoms with Crippen molar-refractivity contribution in [2.75, 3.05) is 39.3 Å². The maximum Gasteiger partial charge on any atom is 0.325 e. The summed E-state index contributed by atoms with van der Waals surface area (Å²) in [5.74, 6) is -0.188. The molecule has 9 heteroatoms. The second kappa shape index (κ2) is 7.73. The van der Waals surface area contributed by atoms with Crippen LogP contribution in [0.1, 0.15) is 12.5 Å². The summed E-state index contributed by atoms with van der Waals surface area (Å²) in [5, 5.41) is 2.74. The van der Waals surface area contributed by atoms with Crippen molar-refractivity contribution in [3.63, 3.8) is 0 Å². The molecule has 0 unspecified atom stereocenters. The molecule has 3 N–H and O–H groups in total. The third kappa shape index (κ3) is 4.78. The average Bonchev–Trinajstić information content (AvgIpc) is 2.51. The minimum atomic E-state index is -0.592. The predicted molar refractivity (Wildman–Crippen MR) is 83.1 cm³/mol. The molecule has 1 saturated heterocycles. The highest BCUT2D eigenvalue weighted by Gasteiger charge is 2.22. The lowest BCUT2D eigenvalue weighted by atomic mass is 10.2. The fourth-order valence-electron chi connectivity index (χ4n) is 2.46. The van der Waals surface area contributed by atoms with Crippen LogP contribution >= 0.6 is 0 Å². The topological polar surface area (TPSA) is 118 Å². The van der Waals surface area contributed by atoms with Crippen molar-refractivity contribution >= 4 is 11.8 Å². The smallest absolute Gasteiger partial charge is 0.325 e. The lowest BCUT2D eigenvalue weighted by molar-refractivity contribution is -0.132. The molecule has 0 saturated carbocycles. The lowest BCUT2D eigenvalue weighted by Gasteiger charge is -2.34. The van der Waals surface area contributed by atoms with Gasteiger partial charge >= 0.3 is 5.69 Å². The Labute approximate surface area is 132 Å². The zero-order valence-corrected chi connectivity index (χ0v) is 13.1. The number of piperazine rings is 1. The van der Waals surface area contributed by atoms with Crippen molar-refractivity contribution in [1.29, 1.82) is 0 Å². The average molecular weight is 323 g/mol. The van der Waals surface area contributed by atoms with Gasteiger partial charge in [-0.05, 0) is 6.92 Å². The molecular weight excluding hydrogens is 302 g/mol. The van der Waals surface area contributed by atoms with Crippen LogP contribution in [0.2, 0.25) is 0 Å². The summed E-state index contributed by atoms with van der Waals surface area (Å²) in [5.41, 5.74) is -0.901. The van der Waals surface area contributed by atoms with E-state index >= 15 is 0 Å². The number of hydrogen-bond donors (Lipinski definition) is 3. The monoisotopic (exact) mass is 323 g/mol. The number of H-pyrrole nitrogens is 2. The molecule has 1 aromatic rings. The number of likely N-dealkylation sites (N-methyl/N-ethyl adjacent to an activating group) is 1. The third-order valence-corrected chi connectivity index (χ3v) is 3.70. The van der Waals surface area contributed by atoms with Crippen LogP contribution in [0, 0.1) is 0 Å². The van der Waals surface area contributed by atoms with E-state index in [1.807, 2.05) is 11.8 Å². The van der Waals surface area contributed by atoms with Crippen LogP contribution in [0.5, 0.6) is 0 Å². The van der Waals surface area contributed by atoms with Crippen LogP contribution in [-0.2, 0) is 16.0 Å². The van der Waals surface area contributed by atoms with Crippen LogP contribution in [0.3, 0.4) is 0 Å². The second-order valence-electron chi connectivity index (χ2n) is 5.38. The van der Waals surface area contributed by atoms with Crippen LogP contribution in [0.25, 0.3) is 0 Å². The van der Waals surface area contributed by atoms with Crippen LogP contribution < -0.4 is 16.6 Å². The van der Waals surface area contributed by atoms with Crippen molar-refractivity contribution in [2.45, 2.75) is 13.3 Å². The molecule has 2 heterocycles. The summed E-state index contributed by atoms with van der Waals surface area (Å²) >= 11 is 0. The maximum absolute atomic E-state index is 12.2. The molecule has 1 fully saturated rings. The van der Waals surface area contributed by atoms with Gasteiger partial charge in [0.1, 0.15) is 0 Å². The molecule has 9 nitrogen and oxygen atoms in total. The largest absolute Gasteiger partial charge is 0.355 e. The van der Waals surface area contributed by atoms with E-state index in [1.54, 1.807) is 4.90 Å². The maximum atomic E-state index is 12.2. The predicted octanol–water partition coefficient (Wildman–Crippen LogP) is -2.11. The minimum absolute atomic E-state index is 0.0212. The number of aromatic nitrogens is 2. The van der Waals surface area contributed by atoms with E-state index in [0.29, 0.717) is 39.3 Å². The fraction of sp³-hybridized carbons (Fsp3) is 0.571. The van der Waals surface area contributed by atoms with E-state index in [2.05, 4.69) is 15.3 Å². The van der Waals surface area contributed by atoms with Crippen molar-refractivity contribution in [3.05, 3.63) is 32.6 Å². The first-order chi connectivity index (χ1) is 11.0. The normalized spacial score (nSPS) is 15.4. The van der Waals surface area contributed by atoms with Gasteiger partial charge in [0.05, 0.1) is 13.0 Å². The van der Waals surface area contributed by atoms with E-state index in [4.69, 9.17) is 0 Å². The minimum Gasteiger partial charge on any atom is -0.355 e. The van der Waals surface area contributed by atoms with E-state index in [9.17, 15) is 19.2 Å². The Morgan fingerprint density at radius 1 is 1.22 bits per heavy atom. The number of carbonyl (C=O) groups is 2. The van der Waals surface area contributed by atoms with E-state index in [-0.39, 0.29) is 23.8 Å². The summed E-state index contributed by atoms with van der Waals surface area (Å²) in [6, 6.07) is 0. The van der Waals surface area contributed by atoms with E-state index in [1.165, 1.54) is 6.20 Å². The van der Waals surface area contributed by atoms with Gasteiger partial charge < -0.3 is 15.2 Å². The lowest BCUT2D eigenvalue weighted by Crippen LogP contribution is -2.51. The van der Waals surface area contributed by atoms with Gasteiger partial charge in [0, 0.05) is 44.5 Å². The van der Waals surface area contributed by atoms with Crippen molar-refractivity contribution in [3.8, 4) is 0 Å². The SMILES string of the molecule is CCNC(=O)CN1CCN(C(=O)Cc2c[nH]c(=O)[nH]c2=O)CC1. The summed E-state index contributed by atoms with van der Waals surface area (Å²) in [6.07, 6.45) is 1.22. The van der Waals surface area contributed by atoms with Crippen LogP contribution in [0.4, 0.5) is 0 Å². The molecule has 0 aliphatic carbocycles. The number of amides is 2. The summed E-state index contributed by atoms with van der Waals surface area (Å²) in [4.78, 5) is 54.4. The standard InChI is InChI=1S/C14H21N5O4/c1-2-15-11(20)9-18-3-5-19(6-4-18)12(21)7-10-8-16-14(23)17-13(10)22/h8H,2-7,9H2,1H3,(H,15,20)(H2,16,17,22,23). The first-order valence-electron chi connectivity index (χ1n) is 7.57. The Morgan fingerprint density at radius 3 is 2.52 bits per heavy atom. The Bertz CT molecular complexity index is 672. The Balaban J connectivity index is 1.85. The molecule has 1 aromatic heterocycles. The van der Waals surface area contributed by atoms with Gasteiger partial charge in [-0.25, -0.2) is 4.79 Å². The molecule has 0 radical (unpaired) electrons. The molecule has 2 rings (SSSR count). The summed E-state index contributed by atoms with van der Waals surface area (Å²) in [7, 11) is 0. The van der Waals surface area contributed by atoms with Crippen molar-refractivity contribution in [1.82, 2.24) is 25.1 Å². The quantitative estimate of drug-likeness (QED) is 0.573. The van der Waals surface area contributed by atoms with Gasteiger partial charge in [-0.3, -0.25) is 24.3 Å². The highest BCUT2D eigenvalue weighted by atomic mass is 16.2. The molecular formula is C14H21N5O4. The number of aromatic amines is 2. The molecule has 1 aliphatic rings. The molecule has 126 valence electrons. The van der Waals surface area contributed by atoms with Crippen molar-refractivity contribution in [2.24, 2.45) is 0 Å². The highest BCUT2D eigenvalue weighted by Crippen LogP contribution is 2.04. The van der Waals surface area contributed by atoms with E-state index < -0.39 is 11.2 Å². The van der Waals surface area contributed by atoms with Gasteiger partial charge in [0.15, 0.2) is 0 Å². The second-order valence-corrected chi connectivity index (χ2v) is 5.38. The summed E-state index contributed by atoms with van der Waals surface area (Å²) < 4.78 is 0. The van der Waals surface area contributed by atoms with Gasteiger partial charge in [-0.2, -0.15) is 0 Å². The molecule has 1 aliphatic heterocycles. The zero-order chi connectivity index (χ0) is 16.8. The molecule has 0 aromatic carbocycles. The number of rotatable bonds is 5. The van der Waals surface area contributed by atoms with Gasteiger partial charge in [0.25, 0.3) is 5.56 Å². The Hall–Kier alpha value is -2.42. The zero-order valence-electron chi connectivity index (χ0n) is 13.1. The third-order valence-electron chi connectivity index (χ3n) is 3.70. The number of hydrogen-bond acceptors (Lipinski definition) is 5. The number of nitrogens with one attached hydrogen (secondary N) is 3. The van der Waals surface area contributed by atoms with Crippen molar-refractivity contribution < 1.29 is 9.59 Å². The number of nitrogens with zero attached hydrogens (tertiary/aromatic N) is 2. The van der Waals surface area contributed by atoms with E-state index in [0.717, 1.165) is 0 Å². The molecule has 0 spiro atoms. The molecule has 0 atom stereocenters. The van der Waals surface area contributed by atoms with Gasteiger partial charge in [0.2, 0.25) is 11.8 Å². The van der Waals surface area contributed by atoms with Crippen LogP contribution in [-0.4, -0.2) is 70.9 Å². The first kappa shape index (κ1) is 16.9. The first-order valence-corrected chi connectivity index (χ1v) is 7.57. The summed E-state index contributed by atoms with van der Waals surface area (Å²) in [6.45, 7) is 5.06. The Kier molecular flexibility index (Phi) is 5.69. The number of carbonyl (C=O) groups excluding carboxylic acids is 2. The van der Waals surface area contributed by atoms with Crippen LogP contribution in [0.15, 0.2) is 15.8 Å². The van der Waals surface area contributed by atoms with Gasteiger partial charge in [-0.1, -0.05) is 0 Å². The van der Waals surface area contributed by atoms with Gasteiger partial charge in [-0.15, -0.1) is 0 Å². The fourth-order valence-corrected chi connectivity index (χ4v) is 2.46. The molecule has 2 amide bonds. The molecule has 23 heavy (non-hydrogen) atoms.